The van der Waals surface area contributed by atoms with Crippen LogP contribution in [-0.2, 0) is 4.79 Å². The summed E-state index contributed by atoms with van der Waals surface area (Å²) in [6.45, 7) is 7.63. The van der Waals surface area contributed by atoms with Crippen LogP contribution >= 0.6 is 0 Å². The van der Waals surface area contributed by atoms with Crippen LogP contribution in [0.2, 0.25) is 0 Å². The van der Waals surface area contributed by atoms with Crippen LogP contribution in [0.3, 0.4) is 0 Å². The van der Waals surface area contributed by atoms with Gasteiger partial charge in [0, 0.05) is 28.9 Å². The number of amides is 2. The van der Waals surface area contributed by atoms with Crippen molar-refractivity contribution in [1.29, 1.82) is 0 Å². The summed E-state index contributed by atoms with van der Waals surface area (Å²) in [7, 11) is 0. The van der Waals surface area contributed by atoms with Crippen molar-refractivity contribution in [3.8, 4) is 22.4 Å². The molecular formula is C25H24FN7O2. The quantitative estimate of drug-likeness (QED) is 0.350. The predicted molar refractivity (Wildman–Crippen MR) is 132 cm³/mol. The molecule has 2 amide bonds. The van der Waals surface area contributed by atoms with E-state index in [1.54, 1.807) is 36.4 Å². The van der Waals surface area contributed by atoms with E-state index in [-0.39, 0.29) is 11.7 Å². The van der Waals surface area contributed by atoms with Crippen molar-refractivity contribution in [3.63, 3.8) is 0 Å². The summed E-state index contributed by atoms with van der Waals surface area (Å²) in [6, 6.07) is 13.8. The largest absolute Gasteiger partial charge is 0.382 e. The molecule has 35 heavy (non-hydrogen) atoms. The molecule has 2 heterocycles. The Kier molecular flexibility index (Phi) is 6.54. The van der Waals surface area contributed by atoms with Gasteiger partial charge in [0.25, 0.3) is 11.8 Å². The molecule has 178 valence electrons. The van der Waals surface area contributed by atoms with Gasteiger partial charge in [0.2, 0.25) is 0 Å². The van der Waals surface area contributed by atoms with Gasteiger partial charge in [0.05, 0.1) is 0 Å². The summed E-state index contributed by atoms with van der Waals surface area (Å²) in [5.41, 5.74) is 10.4. The van der Waals surface area contributed by atoms with Crippen LogP contribution in [-0.4, -0.2) is 38.2 Å². The summed E-state index contributed by atoms with van der Waals surface area (Å²) in [4.78, 5) is 28.1. The molecule has 0 bridgehead atoms. The van der Waals surface area contributed by atoms with Crippen LogP contribution in [0.15, 0.2) is 67.3 Å². The second-order valence-electron chi connectivity index (χ2n) is 8.32. The SMILES string of the molecule is C=C(F)C(=O)Nc1ccc(-c2nn3ncnc(N)c3c2-c2ccc(C(=O)NCC(C)C)cc2)cc1. The first-order valence-electron chi connectivity index (χ1n) is 10.9. The van der Waals surface area contributed by atoms with E-state index in [1.807, 2.05) is 26.0 Å². The van der Waals surface area contributed by atoms with E-state index >= 15 is 0 Å². The molecule has 0 unspecified atom stereocenters. The van der Waals surface area contributed by atoms with Gasteiger partial charge >= 0.3 is 0 Å². The molecule has 0 spiro atoms. The summed E-state index contributed by atoms with van der Waals surface area (Å²) in [6.07, 6.45) is 1.31. The molecular weight excluding hydrogens is 449 g/mol. The smallest absolute Gasteiger partial charge is 0.283 e. The Morgan fingerprint density at radius 1 is 1.09 bits per heavy atom. The fourth-order valence-corrected chi connectivity index (χ4v) is 3.49. The van der Waals surface area contributed by atoms with Crippen LogP contribution in [0.1, 0.15) is 24.2 Å². The Labute approximate surface area is 200 Å². The third-order valence-corrected chi connectivity index (χ3v) is 5.24. The van der Waals surface area contributed by atoms with Gasteiger partial charge in [0.15, 0.2) is 11.6 Å². The lowest BCUT2D eigenvalue weighted by Crippen LogP contribution is -2.27. The van der Waals surface area contributed by atoms with E-state index in [9.17, 15) is 14.0 Å². The second kappa shape index (κ2) is 9.72. The molecule has 9 nitrogen and oxygen atoms in total. The Hall–Kier alpha value is -4.60. The molecule has 2 aromatic heterocycles. The standard InChI is InChI=1S/C25H24FN7O2/c1-14(2)12-28-25(35)18-6-4-16(5-7-18)20-21(32-33-22(20)23(27)29-13-30-33)17-8-10-19(11-9-17)31-24(34)15(3)26/h4-11,13-14H,3,12H2,1-2H3,(H,28,35)(H,31,34)(H2,27,29,30). The molecule has 0 aliphatic heterocycles. The van der Waals surface area contributed by atoms with Gasteiger partial charge in [-0.2, -0.15) is 0 Å². The molecule has 0 atom stereocenters. The lowest BCUT2D eigenvalue weighted by molar-refractivity contribution is -0.114. The number of nitrogen functional groups attached to an aromatic ring is 1. The molecule has 0 aliphatic rings. The Bertz CT molecular complexity index is 1410. The van der Waals surface area contributed by atoms with E-state index in [2.05, 4.69) is 32.4 Å². The van der Waals surface area contributed by atoms with Crippen molar-refractivity contribution in [2.24, 2.45) is 5.92 Å². The van der Waals surface area contributed by atoms with E-state index in [4.69, 9.17) is 5.73 Å². The van der Waals surface area contributed by atoms with Gasteiger partial charge in [0.1, 0.15) is 17.5 Å². The maximum atomic E-state index is 13.0. The summed E-state index contributed by atoms with van der Waals surface area (Å²) >= 11 is 0. The highest BCUT2D eigenvalue weighted by atomic mass is 19.1. The van der Waals surface area contributed by atoms with Crippen molar-refractivity contribution in [3.05, 3.63) is 72.8 Å². The van der Waals surface area contributed by atoms with Crippen LogP contribution in [0.4, 0.5) is 15.9 Å². The number of carbonyl (C=O) groups is 2. The monoisotopic (exact) mass is 473 g/mol. The Morgan fingerprint density at radius 2 is 1.74 bits per heavy atom. The summed E-state index contributed by atoms with van der Waals surface area (Å²) in [5, 5.41) is 14.1. The molecule has 0 saturated heterocycles. The van der Waals surface area contributed by atoms with E-state index < -0.39 is 11.7 Å². The first kappa shape index (κ1) is 23.6. The van der Waals surface area contributed by atoms with Crippen molar-refractivity contribution < 1.29 is 14.0 Å². The zero-order valence-corrected chi connectivity index (χ0v) is 19.2. The molecule has 0 fully saturated rings. The third-order valence-electron chi connectivity index (χ3n) is 5.24. The van der Waals surface area contributed by atoms with E-state index in [0.717, 1.165) is 5.56 Å². The molecule has 4 N–H and O–H groups in total. The normalized spacial score (nSPS) is 11.0. The average Bonchev–Trinajstić information content (AvgIpc) is 3.24. The molecule has 0 saturated carbocycles. The van der Waals surface area contributed by atoms with Gasteiger partial charge in [-0.15, -0.1) is 14.8 Å². The first-order valence-corrected chi connectivity index (χ1v) is 10.9. The van der Waals surface area contributed by atoms with Crippen LogP contribution in [0, 0.1) is 5.92 Å². The number of hydrogen-bond donors (Lipinski definition) is 3. The van der Waals surface area contributed by atoms with Crippen molar-refractivity contribution in [2.45, 2.75) is 13.8 Å². The minimum atomic E-state index is -1.08. The molecule has 4 aromatic rings. The molecule has 10 heteroatoms. The zero-order chi connectivity index (χ0) is 25.1. The average molecular weight is 474 g/mol. The number of fused-ring (bicyclic) bond motifs is 1. The number of benzene rings is 2. The number of nitrogens with one attached hydrogen (secondary N) is 2. The minimum Gasteiger partial charge on any atom is -0.382 e. The third kappa shape index (κ3) is 5.01. The fraction of sp³-hybridized carbons (Fsp3) is 0.160. The van der Waals surface area contributed by atoms with E-state index in [1.165, 1.54) is 11.0 Å². The number of hydrogen-bond acceptors (Lipinski definition) is 6. The summed E-state index contributed by atoms with van der Waals surface area (Å²) < 4.78 is 14.4. The highest BCUT2D eigenvalue weighted by molar-refractivity contribution is 6.02. The maximum Gasteiger partial charge on any atom is 0.283 e. The van der Waals surface area contributed by atoms with E-state index in [0.29, 0.717) is 46.1 Å². The predicted octanol–water partition coefficient (Wildman–Crippen LogP) is 3.85. The number of nitrogens with zero attached hydrogens (tertiary/aromatic N) is 4. The molecule has 0 radical (unpaired) electrons. The lowest BCUT2D eigenvalue weighted by Gasteiger charge is -2.09. The number of rotatable bonds is 7. The van der Waals surface area contributed by atoms with Crippen LogP contribution in [0.5, 0.6) is 0 Å². The minimum absolute atomic E-state index is 0.151. The Morgan fingerprint density at radius 3 is 2.37 bits per heavy atom. The first-order chi connectivity index (χ1) is 16.7. The van der Waals surface area contributed by atoms with Crippen molar-refractivity contribution in [1.82, 2.24) is 25.1 Å². The fourth-order valence-electron chi connectivity index (χ4n) is 3.49. The number of carbonyl (C=O) groups excluding carboxylic acids is 2. The van der Waals surface area contributed by atoms with Gasteiger partial charge in [-0.25, -0.2) is 9.37 Å². The Balaban J connectivity index is 1.74. The van der Waals surface area contributed by atoms with Crippen LogP contribution < -0.4 is 16.4 Å². The van der Waals surface area contributed by atoms with Gasteiger partial charge < -0.3 is 16.4 Å². The highest BCUT2D eigenvalue weighted by Crippen LogP contribution is 2.37. The topological polar surface area (TPSA) is 127 Å². The zero-order valence-electron chi connectivity index (χ0n) is 19.2. The number of nitrogens with two attached hydrogens (primary N) is 1. The number of halogens is 1. The highest BCUT2D eigenvalue weighted by Gasteiger charge is 2.20. The van der Waals surface area contributed by atoms with Gasteiger partial charge in [-0.3, -0.25) is 9.59 Å². The maximum absolute atomic E-state index is 13.0. The number of anilines is 2. The second-order valence-corrected chi connectivity index (χ2v) is 8.32. The molecule has 4 rings (SSSR count). The van der Waals surface area contributed by atoms with Gasteiger partial charge in [-0.05, 0) is 35.7 Å². The van der Waals surface area contributed by atoms with Crippen molar-refractivity contribution >= 4 is 28.8 Å². The molecule has 0 aliphatic carbocycles. The van der Waals surface area contributed by atoms with Crippen molar-refractivity contribution in [2.75, 3.05) is 17.6 Å². The molecule has 2 aromatic carbocycles. The van der Waals surface area contributed by atoms with Gasteiger partial charge in [-0.1, -0.05) is 44.7 Å². The van der Waals surface area contributed by atoms with Crippen LogP contribution in [0.25, 0.3) is 27.9 Å². The number of aromatic nitrogens is 4. The summed E-state index contributed by atoms with van der Waals surface area (Å²) in [5.74, 6) is -1.54. The lowest BCUT2D eigenvalue weighted by atomic mass is 9.98.